The Hall–Kier alpha value is -3.11. The summed E-state index contributed by atoms with van der Waals surface area (Å²) in [5.41, 5.74) is 4.09. The van der Waals surface area contributed by atoms with E-state index in [9.17, 15) is 5.11 Å². The van der Waals surface area contributed by atoms with Gasteiger partial charge < -0.3 is 19.3 Å². The predicted molar refractivity (Wildman–Crippen MR) is 134 cm³/mol. The average molecular weight is 460 g/mol. The second-order valence-electron chi connectivity index (χ2n) is 9.03. The molecule has 6 nitrogen and oxygen atoms in total. The zero-order valence-electron chi connectivity index (χ0n) is 19.8. The van der Waals surface area contributed by atoms with Gasteiger partial charge in [-0.1, -0.05) is 71.7 Å². The second-order valence-corrected chi connectivity index (χ2v) is 9.03. The Morgan fingerprint density at radius 2 is 1.82 bits per heavy atom. The molecular weight excluding hydrogens is 426 g/mol. The first-order valence-corrected chi connectivity index (χ1v) is 11.8. The number of rotatable bonds is 13. The van der Waals surface area contributed by atoms with Crippen LogP contribution in [-0.2, 0) is 17.8 Å². The summed E-state index contributed by atoms with van der Waals surface area (Å²) in [5.74, 6) is 3.87. The predicted octanol–water partition coefficient (Wildman–Crippen LogP) is 4.20. The summed E-state index contributed by atoms with van der Waals surface area (Å²) in [6.07, 6.45) is 7.11. The number of nitrogens with zero attached hydrogens (tertiary/aromatic N) is 3. The first-order chi connectivity index (χ1) is 16.6. The Morgan fingerprint density at radius 3 is 2.50 bits per heavy atom. The monoisotopic (exact) mass is 459 g/mol. The van der Waals surface area contributed by atoms with E-state index in [0.717, 1.165) is 29.2 Å². The van der Waals surface area contributed by atoms with Crippen molar-refractivity contribution >= 4 is 5.88 Å². The van der Waals surface area contributed by atoms with Gasteiger partial charge in [-0.25, -0.2) is 0 Å². The van der Waals surface area contributed by atoms with Crippen molar-refractivity contribution < 1.29 is 14.4 Å². The van der Waals surface area contributed by atoms with Gasteiger partial charge in [0.1, 0.15) is 12.3 Å². The minimum absolute atomic E-state index is 0.206. The van der Waals surface area contributed by atoms with E-state index in [1.165, 1.54) is 18.4 Å². The lowest BCUT2D eigenvalue weighted by Gasteiger charge is -2.26. The second kappa shape index (κ2) is 11.8. The van der Waals surface area contributed by atoms with Crippen LogP contribution < -0.4 is 4.90 Å². The zero-order chi connectivity index (χ0) is 23.8. The van der Waals surface area contributed by atoms with E-state index in [0.29, 0.717) is 25.6 Å². The number of terminal acetylenes is 1. The van der Waals surface area contributed by atoms with Crippen LogP contribution in [0.3, 0.4) is 0 Å². The highest BCUT2D eigenvalue weighted by molar-refractivity contribution is 5.68. The largest absolute Gasteiger partial charge is 0.389 e. The van der Waals surface area contributed by atoms with Crippen LogP contribution in [-0.4, -0.2) is 54.6 Å². The van der Waals surface area contributed by atoms with Gasteiger partial charge in [0.2, 0.25) is 5.88 Å². The third kappa shape index (κ3) is 6.71. The molecule has 1 atom stereocenters. The molecule has 0 radical (unpaired) electrons. The number of ether oxygens (including phenoxy) is 1. The molecular formula is C28H33N3O3. The molecule has 34 heavy (non-hydrogen) atoms. The Labute approximate surface area is 202 Å². The van der Waals surface area contributed by atoms with Crippen molar-refractivity contribution in [1.82, 2.24) is 10.1 Å². The average Bonchev–Trinajstić information content (AvgIpc) is 3.56. The summed E-state index contributed by atoms with van der Waals surface area (Å²) in [6.45, 7) is 3.20. The molecule has 178 valence electrons. The lowest BCUT2D eigenvalue weighted by atomic mass is 10.1. The van der Waals surface area contributed by atoms with Crippen molar-refractivity contribution in [1.29, 1.82) is 0 Å². The summed E-state index contributed by atoms with van der Waals surface area (Å²) in [4.78, 5) is 4.40. The van der Waals surface area contributed by atoms with Gasteiger partial charge in [0.25, 0.3) is 0 Å². The number of aromatic nitrogens is 1. The quantitative estimate of drug-likeness (QED) is 0.305. The molecule has 1 N–H and O–H groups in total. The van der Waals surface area contributed by atoms with Crippen LogP contribution in [0.5, 0.6) is 0 Å². The van der Waals surface area contributed by atoms with Crippen LogP contribution in [0.15, 0.2) is 65.2 Å². The molecule has 0 saturated heterocycles. The molecule has 3 aromatic rings. The number of hydrogen-bond donors (Lipinski definition) is 1. The van der Waals surface area contributed by atoms with Crippen LogP contribution in [0.25, 0.3) is 11.3 Å². The summed E-state index contributed by atoms with van der Waals surface area (Å²) < 4.78 is 11.3. The minimum atomic E-state index is -0.613. The molecule has 6 heteroatoms. The first-order valence-electron chi connectivity index (χ1n) is 11.8. The van der Waals surface area contributed by atoms with E-state index in [1.54, 1.807) is 0 Å². The number of aliphatic hydroxyl groups excluding tert-OH is 1. The van der Waals surface area contributed by atoms with Crippen LogP contribution in [0.2, 0.25) is 0 Å². The van der Waals surface area contributed by atoms with Gasteiger partial charge in [0.05, 0.1) is 18.3 Å². The molecule has 2 aromatic carbocycles. The third-order valence-electron chi connectivity index (χ3n) is 5.98. The van der Waals surface area contributed by atoms with Gasteiger partial charge in [-0.15, -0.1) is 6.42 Å². The van der Waals surface area contributed by atoms with Crippen molar-refractivity contribution in [2.24, 2.45) is 5.92 Å². The molecule has 1 aliphatic carbocycles. The summed E-state index contributed by atoms with van der Waals surface area (Å²) >= 11 is 0. The van der Waals surface area contributed by atoms with E-state index in [4.69, 9.17) is 15.7 Å². The van der Waals surface area contributed by atoms with Crippen molar-refractivity contribution in [3.8, 4) is 23.6 Å². The third-order valence-corrected chi connectivity index (χ3v) is 5.98. The normalized spacial score (nSPS) is 14.2. The zero-order valence-corrected chi connectivity index (χ0v) is 19.8. The van der Waals surface area contributed by atoms with E-state index >= 15 is 0 Å². The van der Waals surface area contributed by atoms with Crippen molar-refractivity contribution in [2.75, 3.05) is 38.3 Å². The number of anilines is 1. The van der Waals surface area contributed by atoms with Crippen LogP contribution >= 0.6 is 0 Å². The van der Waals surface area contributed by atoms with Gasteiger partial charge in [0, 0.05) is 38.8 Å². The molecule has 0 unspecified atom stereocenters. The Bertz CT molecular complexity index is 1060. The highest BCUT2D eigenvalue weighted by Gasteiger charge is 2.29. The first kappa shape index (κ1) is 24.0. The van der Waals surface area contributed by atoms with Crippen LogP contribution in [0.1, 0.15) is 24.0 Å². The lowest BCUT2D eigenvalue weighted by molar-refractivity contribution is 0.0251. The van der Waals surface area contributed by atoms with E-state index < -0.39 is 6.10 Å². The lowest BCUT2D eigenvalue weighted by Crippen LogP contribution is -2.36. The number of hydrogen-bond acceptors (Lipinski definition) is 6. The van der Waals surface area contributed by atoms with Crippen molar-refractivity contribution in [3.05, 3.63) is 71.8 Å². The highest BCUT2D eigenvalue weighted by atomic mass is 16.5. The van der Waals surface area contributed by atoms with E-state index in [-0.39, 0.29) is 13.2 Å². The SMILES string of the molecule is C#CCOC[C@H](O)CN(Cc1c(-c2ccccc2)noc1N(C)Cc1ccccc1)CC1CC1. The molecule has 1 fully saturated rings. The molecule has 1 heterocycles. The summed E-state index contributed by atoms with van der Waals surface area (Å²) in [6, 6.07) is 20.4. The van der Waals surface area contributed by atoms with E-state index in [2.05, 4.69) is 45.1 Å². The van der Waals surface area contributed by atoms with Gasteiger partial charge >= 0.3 is 0 Å². The fraction of sp³-hybridized carbons (Fsp3) is 0.393. The van der Waals surface area contributed by atoms with Crippen molar-refractivity contribution in [2.45, 2.75) is 32.0 Å². The maximum Gasteiger partial charge on any atom is 0.232 e. The maximum absolute atomic E-state index is 10.6. The van der Waals surface area contributed by atoms with E-state index in [1.807, 2.05) is 43.4 Å². The molecule has 0 bridgehead atoms. The summed E-state index contributed by atoms with van der Waals surface area (Å²) in [7, 11) is 2.03. The maximum atomic E-state index is 10.6. The Balaban J connectivity index is 1.58. The highest BCUT2D eigenvalue weighted by Crippen LogP contribution is 2.35. The molecule has 1 aliphatic rings. The van der Waals surface area contributed by atoms with Gasteiger partial charge in [-0.05, 0) is 24.3 Å². The number of aliphatic hydroxyl groups is 1. The summed E-state index contributed by atoms with van der Waals surface area (Å²) in [5, 5.41) is 15.1. The minimum Gasteiger partial charge on any atom is -0.389 e. The fourth-order valence-corrected chi connectivity index (χ4v) is 4.19. The molecule has 1 aromatic heterocycles. The number of benzene rings is 2. The Morgan fingerprint density at radius 1 is 1.12 bits per heavy atom. The van der Waals surface area contributed by atoms with Crippen molar-refractivity contribution in [3.63, 3.8) is 0 Å². The van der Waals surface area contributed by atoms with Gasteiger partial charge in [0.15, 0.2) is 0 Å². The molecule has 0 spiro atoms. The van der Waals surface area contributed by atoms with Crippen LogP contribution in [0, 0.1) is 18.3 Å². The van der Waals surface area contributed by atoms with Gasteiger partial charge in [-0.2, -0.15) is 0 Å². The van der Waals surface area contributed by atoms with Gasteiger partial charge in [-0.3, -0.25) is 4.90 Å². The Kier molecular flexibility index (Phi) is 8.37. The molecule has 1 saturated carbocycles. The fourth-order valence-electron chi connectivity index (χ4n) is 4.19. The standard InChI is InChI=1S/C28H33N3O3/c1-3-16-33-21-25(32)19-31(18-23-14-15-23)20-26-27(24-12-8-5-9-13-24)29-34-28(26)30(2)17-22-10-6-4-7-11-22/h1,4-13,23,25,32H,14-21H2,2H3/t25-/m1/s1. The molecule has 0 amide bonds. The molecule has 0 aliphatic heterocycles. The molecule has 4 rings (SSSR count). The smallest absolute Gasteiger partial charge is 0.232 e. The topological polar surface area (TPSA) is 62.0 Å². The van der Waals surface area contributed by atoms with Crippen LogP contribution in [0.4, 0.5) is 5.88 Å².